The van der Waals surface area contributed by atoms with Crippen LogP contribution in [0.25, 0.3) is 0 Å². The van der Waals surface area contributed by atoms with Crippen molar-refractivity contribution in [2.24, 2.45) is 0 Å². The van der Waals surface area contributed by atoms with Gasteiger partial charge in [0.15, 0.2) is 0 Å². The fourth-order valence-electron chi connectivity index (χ4n) is 0.424. The minimum Gasteiger partial charge on any atom is -0.206 e. The first kappa shape index (κ1) is 5.03. The minimum atomic E-state index is 0.653. The molecule has 0 N–H and O–H groups in total. The third-order valence-corrected chi connectivity index (χ3v) is 0.802. The zero-order chi connectivity index (χ0) is 4.95. The van der Waals surface area contributed by atoms with Crippen molar-refractivity contribution >= 4 is 0 Å². The van der Waals surface area contributed by atoms with Gasteiger partial charge in [-0.1, -0.05) is 5.04 Å². The average molecular weight is 104 g/mol. The molecule has 0 aliphatic carbocycles. The Morgan fingerprint density at radius 2 is 1.43 bits per heavy atom. The normalized spacial score (nSPS) is 24.0. The van der Waals surface area contributed by atoms with Gasteiger partial charge in [-0.2, -0.15) is 0 Å². The summed E-state index contributed by atoms with van der Waals surface area (Å²) < 4.78 is 0. The van der Waals surface area contributed by atoms with Gasteiger partial charge < -0.3 is 0 Å². The van der Waals surface area contributed by atoms with Crippen LogP contribution in [-0.4, -0.2) is 13.2 Å². The van der Waals surface area contributed by atoms with Crippen LogP contribution >= 0.6 is 0 Å². The molecule has 1 fully saturated rings. The Hall–Kier alpha value is -0.120. The van der Waals surface area contributed by atoms with Crippen LogP contribution in [0, 0.1) is 0 Å². The van der Waals surface area contributed by atoms with Crippen LogP contribution in [-0.2, 0) is 14.8 Å². The predicted molar refractivity (Wildman–Crippen MR) is 22.2 cm³/mol. The molecule has 0 saturated carbocycles. The highest BCUT2D eigenvalue weighted by molar-refractivity contribution is 4.34. The van der Waals surface area contributed by atoms with E-state index in [1.807, 2.05) is 0 Å². The van der Waals surface area contributed by atoms with Gasteiger partial charge in [0, 0.05) is 0 Å². The van der Waals surface area contributed by atoms with E-state index in [1.54, 1.807) is 0 Å². The Morgan fingerprint density at radius 3 is 2.00 bits per heavy atom. The van der Waals surface area contributed by atoms with E-state index in [4.69, 9.17) is 0 Å². The Kier molecular flexibility index (Phi) is 2.12. The Morgan fingerprint density at radius 1 is 0.857 bits per heavy atom. The summed E-state index contributed by atoms with van der Waals surface area (Å²) >= 11 is 0. The molecule has 0 radical (unpaired) electrons. The van der Waals surface area contributed by atoms with Crippen LogP contribution in [0.1, 0.15) is 12.8 Å². The van der Waals surface area contributed by atoms with E-state index in [1.165, 1.54) is 0 Å². The summed E-state index contributed by atoms with van der Waals surface area (Å²) in [5.74, 6) is 0. The summed E-state index contributed by atoms with van der Waals surface area (Å²) in [5.41, 5.74) is 0. The molecule has 3 heteroatoms. The number of hydrogen-bond acceptors (Lipinski definition) is 3. The first-order valence-corrected chi connectivity index (χ1v) is 2.41. The first-order chi connectivity index (χ1) is 3.50. The lowest BCUT2D eigenvalue weighted by molar-refractivity contribution is -0.504. The molecular weight excluding hydrogens is 96.0 g/mol. The molecule has 1 heterocycles. The fraction of sp³-hybridized carbons (Fsp3) is 1.00. The largest absolute Gasteiger partial charge is 0.206 e. The van der Waals surface area contributed by atoms with Crippen LogP contribution in [0.5, 0.6) is 0 Å². The highest BCUT2D eigenvalue weighted by atomic mass is 17.5. The molecule has 0 atom stereocenters. The van der Waals surface area contributed by atoms with Crippen LogP contribution < -0.4 is 0 Å². The monoisotopic (exact) mass is 104 g/mol. The van der Waals surface area contributed by atoms with E-state index < -0.39 is 0 Å². The Balaban J connectivity index is 2.04. The quantitative estimate of drug-likeness (QED) is 0.422. The van der Waals surface area contributed by atoms with Crippen molar-refractivity contribution in [2.75, 3.05) is 13.2 Å². The summed E-state index contributed by atoms with van der Waals surface area (Å²) in [7, 11) is 0. The second-order valence-electron chi connectivity index (χ2n) is 1.42. The standard InChI is InChI=1S/C4H8O3/c1-2-4-6-7-5-3-1/h1-4H2. The van der Waals surface area contributed by atoms with E-state index in [9.17, 15) is 0 Å². The van der Waals surface area contributed by atoms with E-state index in [0.717, 1.165) is 12.8 Å². The molecule has 0 aromatic rings. The molecule has 1 aliphatic rings. The van der Waals surface area contributed by atoms with Crippen molar-refractivity contribution in [3.8, 4) is 0 Å². The number of hydrogen-bond donors (Lipinski definition) is 0. The smallest absolute Gasteiger partial charge is 0.0854 e. The maximum atomic E-state index is 4.47. The lowest BCUT2D eigenvalue weighted by Gasteiger charge is -1.90. The molecule has 0 bridgehead atoms. The topological polar surface area (TPSA) is 27.7 Å². The van der Waals surface area contributed by atoms with Gasteiger partial charge in [0.05, 0.1) is 13.2 Å². The van der Waals surface area contributed by atoms with Gasteiger partial charge in [-0.05, 0) is 12.8 Å². The van der Waals surface area contributed by atoms with Crippen LogP contribution in [0.4, 0.5) is 0 Å². The Bertz CT molecular complexity index is 26.5. The summed E-state index contributed by atoms with van der Waals surface area (Å²) in [6.07, 6.45) is 2.06. The van der Waals surface area contributed by atoms with Crippen molar-refractivity contribution in [3.63, 3.8) is 0 Å². The molecule has 3 nitrogen and oxygen atoms in total. The van der Waals surface area contributed by atoms with Gasteiger partial charge in [-0.15, -0.1) is 0 Å². The summed E-state index contributed by atoms with van der Waals surface area (Å²) in [6.45, 7) is 1.31. The van der Waals surface area contributed by atoms with Gasteiger partial charge in [0.1, 0.15) is 0 Å². The molecule has 7 heavy (non-hydrogen) atoms. The molecule has 1 rings (SSSR count). The van der Waals surface area contributed by atoms with Crippen LogP contribution in [0.2, 0.25) is 0 Å². The van der Waals surface area contributed by atoms with E-state index in [2.05, 4.69) is 14.8 Å². The first-order valence-electron chi connectivity index (χ1n) is 2.41. The molecule has 0 unspecified atom stereocenters. The maximum Gasteiger partial charge on any atom is 0.0854 e. The molecule has 0 aromatic carbocycles. The lowest BCUT2D eigenvalue weighted by atomic mass is 10.3. The molecule has 1 aliphatic heterocycles. The van der Waals surface area contributed by atoms with Crippen molar-refractivity contribution < 1.29 is 14.8 Å². The highest BCUT2D eigenvalue weighted by Gasteiger charge is 1.96. The maximum absolute atomic E-state index is 4.47. The minimum absolute atomic E-state index is 0.653. The second kappa shape index (κ2) is 2.96. The summed E-state index contributed by atoms with van der Waals surface area (Å²) in [5, 5.41) is 4.19. The zero-order valence-corrected chi connectivity index (χ0v) is 4.05. The second-order valence-corrected chi connectivity index (χ2v) is 1.42. The van der Waals surface area contributed by atoms with Crippen LogP contribution in [0.15, 0.2) is 0 Å². The van der Waals surface area contributed by atoms with Crippen LogP contribution in [0.3, 0.4) is 0 Å². The van der Waals surface area contributed by atoms with Crippen molar-refractivity contribution in [3.05, 3.63) is 0 Å². The highest BCUT2D eigenvalue weighted by Crippen LogP contribution is 1.97. The van der Waals surface area contributed by atoms with Gasteiger partial charge in [-0.25, -0.2) is 9.78 Å². The third-order valence-electron chi connectivity index (χ3n) is 0.802. The van der Waals surface area contributed by atoms with E-state index >= 15 is 0 Å². The SMILES string of the molecule is C1CCOOOC1. The molecular formula is C4H8O3. The molecule has 0 spiro atoms. The van der Waals surface area contributed by atoms with Gasteiger partial charge >= 0.3 is 0 Å². The van der Waals surface area contributed by atoms with Gasteiger partial charge in [-0.3, -0.25) is 0 Å². The molecule has 1 saturated heterocycles. The molecule has 0 amide bonds. The molecule has 42 valence electrons. The van der Waals surface area contributed by atoms with Crippen molar-refractivity contribution in [1.29, 1.82) is 0 Å². The van der Waals surface area contributed by atoms with Gasteiger partial charge in [0.2, 0.25) is 0 Å². The lowest BCUT2D eigenvalue weighted by Crippen LogP contribution is -1.90. The molecule has 0 aromatic heterocycles. The predicted octanol–water partition coefficient (Wildman–Crippen LogP) is 0.660. The summed E-state index contributed by atoms with van der Waals surface area (Å²) in [4.78, 5) is 8.94. The van der Waals surface area contributed by atoms with Gasteiger partial charge in [0.25, 0.3) is 0 Å². The average Bonchev–Trinajstić information content (AvgIpc) is 1.90. The fourth-order valence-corrected chi connectivity index (χ4v) is 0.424. The van der Waals surface area contributed by atoms with E-state index in [-0.39, 0.29) is 0 Å². The van der Waals surface area contributed by atoms with Crippen molar-refractivity contribution in [2.45, 2.75) is 12.8 Å². The summed E-state index contributed by atoms with van der Waals surface area (Å²) in [6, 6.07) is 0. The van der Waals surface area contributed by atoms with Crippen molar-refractivity contribution in [1.82, 2.24) is 0 Å². The van der Waals surface area contributed by atoms with E-state index in [0.29, 0.717) is 13.2 Å². The third kappa shape index (κ3) is 1.87. The Labute approximate surface area is 42.0 Å². The number of rotatable bonds is 0. The zero-order valence-electron chi connectivity index (χ0n) is 4.05.